The van der Waals surface area contributed by atoms with E-state index in [9.17, 15) is 13.2 Å². The molecule has 6 nitrogen and oxygen atoms in total. The van der Waals surface area contributed by atoms with Crippen LogP contribution in [0.5, 0.6) is 0 Å². The Kier molecular flexibility index (Phi) is 5.98. The second kappa shape index (κ2) is 8.11. The summed E-state index contributed by atoms with van der Waals surface area (Å²) in [5.41, 5.74) is 2.56. The Balaban J connectivity index is 2.04. The van der Waals surface area contributed by atoms with Crippen LogP contribution in [0.25, 0.3) is 0 Å². The van der Waals surface area contributed by atoms with Gasteiger partial charge in [0.2, 0.25) is 10.0 Å². The minimum atomic E-state index is -3.65. The molecule has 150 valence electrons. The average Bonchev–Trinajstić information content (AvgIpc) is 3.18. The van der Waals surface area contributed by atoms with Crippen molar-refractivity contribution in [1.29, 1.82) is 0 Å². The minimum Gasteiger partial charge on any atom is -0.371 e. The standard InChI is InChI=1S/C20H24ClN3O3S/c1-14-6-7-15(21)12-18(14)22-20(25)17-13-16(28(26,27)23(2)3)8-9-19(17)24-10-4-5-11-24/h6-9,12-13H,4-5,10-11H2,1-3H3,(H,22,25). The number of anilines is 2. The maximum absolute atomic E-state index is 13.1. The molecule has 1 saturated heterocycles. The largest absolute Gasteiger partial charge is 0.371 e. The van der Waals surface area contributed by atoms with Crippen LogP contribution in [-0.2, 0) is 10.0 Å². The number of hydrogen-bond donors (Lipinski definition) is 1. The zero-order valence-corrected chi connectivity index (χ0v) is 17.8. The number of carbonyl (C=O) groups is 1. The molecule has 0 atom stereocenters. The van der Waals surface area contributed by atoms with Gasteiger partial charge < -0.3 is 10.2 Å². The molecule has 2 aromatic carbocycles. The molecule has 1 heterocycles. The summed E-state index contributed by atoms with van der Waals surface area (Å²) in [5, 5.41) is 3.40. The number of rotatable bonds is 5. The normalized spacial score (nSPS) is 14.5. The second-order valence-corrected chi connectivity index (χ2v) is 9.66. The van der Waals surface area contributed by atoms with Gasteiger partial charge in [0.1, 0.15) is 0 Å². The lowest BCUT2D eigenvalue weighted by Crippen LogP contribution is -2.25. The summed E-state index contributed by atoms with van der Waals surface area (Å²) in [6, 6.07) is 10.0. The lowest BCUT2D eigenvalue weighted by Gasteiger charge is -2.22. The third-order valence-electron chi connectivity index (χ3n) is 4.89. The summed E-state index contributed by atoms with van der Waals surface area (Å²) in [6.45, 7) is 3.56. The molecule has 28 heavy (non-hydrogen) atoms. The van der Waals surface area contributed by atoms with Gasteiger partial charge in [0, 0.05) is 43.6 Å². The quantitative estimate of drug-likeness (QED) is 0.798. The first-order chi connectivity index (χ1) is 13.2. The maximum atomic E-state index is 13.1. The highest BCUT2D eigenvalue weighted by Gasteiger charge is 2.25. The van der Waals surface area contributed by atoms with Crippen LogP contribution >= 0.6 is 11.6 Å². The topological polar surface area (TPSA) is 69.7 Å². The molecular formula is C20H24ClN3O3S. The van der Waals surface area contributed by atoms with Crippen molar-refractivity contribution in [2.24, 2.45) is 0 Å². The van der Waals surface area contributed by atoms with E-state index in [0.29, 0.717) is 16.3 Å². The van der Waals surface area contributed by atoms with Gasteiger partial charge in [-0.2, -0.15) is 0 Å². The van der Waals surface area contributed by atoms with Crippen LogP contribution in [0.2, 0.25) is 5.02 Å². The van der Waals surface area contributed by atoms with E-state index in [4.69, 9.17) is 11.6 Å². The fourth-order valence-corrected chi connectivity index (χ4v) is 4.32. The molecule has 1 N–H and O–H groups in total. The molecule has 0 aromatic heterocycles. The first-order valence-electron chi connectivity index (χ1n) is 9.09. The Bertz CT molecular complexity index is 1000. The SMILES string of the molecule is Cc1ccc(Cl)cc1NC(=O)c1cc(S(=O)(=O)N(C)C)ccc1N1CCCC1. The molecule has 0 aliphatic carbocycles. The molecule has 0 bridgehead atoms. The monoisotopic (exact) mass is 421 g/mol. The van der Waals surface area contributed by atoms with Crippen LogP contribution < -0.4 is 10.2 Å². The van der Waals surface area contributed by atoms with Gasteiger partial charge in [-0.15, -0.1) is 0 Å². The number of benzene rings is 2. The predicted molar refractivity (Wildman–Crippen MR) is 113 cm³/mol. The van der Waals surface area contributed by atoms with E-state index in [0.717, 1.165) is 41.5 Å². The van der Waals surface area contributed by atoms with Gasteiger partial charge in [0.25, 0.3) is 5.91 Å². The minimum absolute atomic E-state index is 0.0911. The maximum Gasteiger partial charge on any atom is 0.257 e. The lowest BCUT2D eigenvalue weighted by atomic mass is 10.1. The number of aryl methyl sites for hydroxylation is 1. The van der Waals surface area contributed by atoms with Crippen molar-refractivity contribution in [2.45, 2.75) is 24.7 Å². The van der Waals surface area contributed by atoms with Crippen LogP contribution in [0.3, 0.4) is 0 Å². The molecular weight excluding hydrogens is 398 g/mol. The van der Waals surface area contributed by atoms with E-state index in [2.05, 4.69) is 10.2 Å². The van der Waals surface area contributed by atoms with Crippen molar-refractivity contribution in [3.63, 3.8) is 0 Å². The van der Waals surface area contributed by atoms with Gasteiger partial charge in [-0.05, 0) is 55.7 Å². The third kappa shape index (κ3) is 4.16. The summed E-state index contributed by atoms with van der Waals surface area (Å²) in [6.07, 6.45) is 2.10. The van der Waals surface area contributed by atoms with E-state index in [-0.39, 0.29) is 10.8 Å². The molecule has 8 heteroatoms. The van der Waals surface area contributed by atoms with Gasteiger partial charge >= 0.3 is 0 Å². The number of carbonyl (C=O) groups excluding carboxylic acids is 1. The van der Waals surface area contributed by atoms with Gasteiger partial charge in [-0.3, -0.25) is 4.79 Å². The van der Waals surface area contributed by atoms with Gasteiger partial charge in [0.15, 0.2) is 0 Å². The number of nitrogens with zero attached hydrogens (tertiary/aromatic N) is 2. The lowest BCUT2D eigenvalue weighted by molar-refractivity contribution is 0.102. The molecule has 1 aliphatic rings. The summed E-state index contributed by atoms with van der Waals surface area (Å²) in [5.74, 6) is -0.358. The van der Waals surface area contributed by atoms with Gasteiger partial charge in [-0.1, -0.05) is 17.7 Å². The molecule has 0 radical (unpaired) electrons. The average molecular weight is 422 g/mol. The van der Waals surface area contributed by atoms with Gasteiger partial charge in [-0.25, -0.2) is 12.7 Å². The number of sulfonamides is 1. The van der Waals surface area contributed by atoms with Gasteiger partial charge in [0.05, 0.1) is 10.5 Å². The predicted octanol–water partition coefficient (Wildman–Crippen LogP) is 3.75. The summed E-state index contributed by atoms with van der Waals surface area (Å²) in [7, 11) is -0.705. The molecule has 0 spiro atoms. The summed E-state index contributed by atoms with van der Waals surface area (Å²) >= 11 is 6.06. The Morgan fingerprint density at radius 2 is 1.79 bits per heavy atom. The van der Waals surface area contributed by atoms with E-state index in [1.165, 1.54) is 20.2 Å². The van der Waals surface area contributed by atoms with E-state index >= 15 is 0 Å². The first-order valence-corrected chi connectivity index (χ1v) is 10.9. The number of amides is 1. The molecule has 1 aliphatic heterocycles. The zero-order valence-electron chi connectivity index (χ0n) is 16.2. The van der Waals surface area contributed by atoms with E-state index in [1.54, 1.807) is 24.3 Å². The molecule has 0 unspecified atom stereocenters. The second-order valence-electron chi connectivity index (χ2n) is 7.07. The van der Waals surface area contributed by atoms with Crippen LogP contribution in [0.4, 0.5) is 11.4 Å². The molecule has 2 aromatic rings. The Labute approximate surface area is 171 Å². The smallest absolute Gasteiger partial charge is 0.257 e. The Morgan fingerprint density at radius 1 is 1.11 bits per heavy atom. The van der Waals surface area contributed by atoms with Crippen LogP contribution in [0.1, 0.15) is 28.8 Å². The highest BCUT2D eigenvalue weighted by molar-refractivity contribution is 7.89. The third-order valence-corrected chi connectivity index (χ3v) is 6.93. The molecule has 1 amide bonds. The first kappa shape index (κ1) is 20.6. The fraction of sp³-hybridized carbons (Fsp3) is 0.350. The zero-order chi connectivity index (χ0) is 20.5. The summed E-state index contributed by atoms with van der Waals surface area (Å²) in [4.78, 5) is 15.3. The van der Waals surface area contributed by atoms with Crippen LogP contribution in [-0.4, -0.2) is 45.8 Å². The van der Waals surface area contributed by atoms with Crippen LogP contribution in [0.15, 0.2) is 41.3 Å². The molecule has 1 fully saturated rings. The Morgan fingerprint density at radius 3 is 2.43 bits per heavy atom. The number of halogens is 1. The van der Waals surface area contributed by atoms with E-state index < -0.39 is 10.0 Å². The number of nitrogens with one attached hydrogen (secondary N) is 1. The number of hydrogen-bond acceptors (Lipinski definition) is 4. The van der Waals surface area contributed by atoms with Crippen molar-refractivity contribution in [3.05, 3.63) is 52.5 Å². The van der Waals surface area contributed by atoms with Crippen molar-refractivity contribution >= 4 is 38.9 Å². The van der Waals surface area contributed by atoms with Crippen molar-refractivity contribution < 1.29 is 13.2 Å². The highest BCUT2D eigenvalue weighted by Crippen LogP contribution is 2.29. The molecule has 3 rings (SSSR count). The molecule has 0 saturated carbocycles. The van der Waals surface area contributed by atoms with Crippen LogP contribution in [0, 0.1) is 6.92 Å². The van der Waals surface area contributed by atoms with Crippen molar-refractivity contribution in [2.75, 3.05) is 37.4 Å². The van der Waals surface area contributed by atoms with Crippen molar-refractivity contribution in [1.82, 2.24) is 4.31 Å². The fourth-order valence-electron chi connectivity index (χ4n) is 3.22. The van der Waals surface area contributed by atoms with E-state index in [1.807, 2.05) is 13.0 Å². The highest BCUT2D eigenvalue weighted by atomic mass is 35.5. The van der Waals surface area contributed by atoms with Crippen molar-refractivity contribution in [3.8, 4) is 0 Å². The summed E-state index contributed by atoms with van der Waals surface area (Å²) < 4.78 is 26.3. The Hall–Kier alpha value is -2.09.